The van der Waals surface area contributed by atoms with E-state index >= 15 is 0 Å². The van der Waals surface area contributed by atoms with E-state index in [0.717, 1.165) is 0 Å². The number of aryl methyl sites for hydroxylation is 2. The number of carbonyl (C=O) groups is 2. The van der Waals surface area contributed by atoms with E-state index in [0.29, 0.717) is 12.1 Å². The maximum Gasteiger partial charge on any atom is 0.433 e. The second kappa shape index (κ2) is 6.49. The fourth-order valence-electron chi connectivity index (χ4n) is 2.99. The van der Waals surface area contributed by atoms with E-state index in [-0.39, 0.29) is 37.4 Å². The fourth-order valence-corrected chi connectivity index (χ4v) is 2.99. The highest BCUT2D eigenvalue weighted by Gasteiger charge is 2.40. The van der Waals surface area contributed by atoms with Crippen LogP contribution in [-0.4, -0.2) is 41.3 Å². The third-order valence-electron chi connectivity index (χ3n) is 4.15. The first kappa shape index (κ1) is 17.4. The van der Waals surface area contributed by atoms with Crippen molar-refractivity contribution in [3.63, 3.8) is 0 Å². The molecule has 2 unspecified atom stereocenters. The summed E-state index contributed by atoms with van der Waals surface area (Å²) in [5.41, 5.74) is -0.695. The van der Waals surface area contributed by atoms with Gasteiger partial charge < -0.3 is 14.8 Å². The first-order valence-corrected chi connectivity index (χ1v) is 7.78. The number of hydrogen-bond acceptors (Lipinski definition) is 6. The van der Waals surface area contributed by atoms with E-state index in [4.69, 9.17) is 9.47 Å². The molecular formula is C15H16F3N3O4. The zero-order valence-corrected chi connectivity index (χ0v) is 13.4. The van der Waals surface area contributed by atoms with E-state index in [9.17, 15) is 22.8 Å². The van der Waals surface area contributed by atoms with Gasteiger partial charge in [-0.05, 0) is 26.2 Å². The van der Waals surface area contributed by atoms with Crippen molar-refractivity contribution < 1.29 is 32.2 Å². The van der Waals surface area contributed by atoms with Crippen LogP contribution in [-0.2, 0) is 33.3 Å². The molecule has 25 heavy (non-hydrogen) atoms. The van der Waals surface area contributed by atoms with Crippen LogP contribution in [0.5, 0.6) is 0 Å². The Balaban J connectivity index is 1.70. The molecule has 0 bridgehead atoms. The Morgan fingerprint density at radius 2 is 2.16 bits per heavy atom. The predicted molar refractivity (Wildman–Crippen MR) is 76.5 cm³/mol. The van der Waals surface area contributed by atoms with Crippen LogP contribution in [0.4, 0.5) is 18.0 Å². The Bertz CT molecular complexity index is 708. The standard InChI is InChI=1S/C15H16F3N3O4/c1-7-20-11-3-2-8(4-10(11)12(21-7)15(16,17)18)13(22)24-6-9-5-19-14(23)25-9/h8-9H,2-6H2,1H3,(H,19,23). The van der Waals surface area contributed by atoms with Gasteiger partial charge in [0, 0.05) is 11.3 Å². The van der Waals surface area contributed by atoms with Crippen molar-refractivity contribution in [1.29, 1.82) is 0 Å². The minimum absolute atomic E-state index is 0.0414. The number of halogens is 3. The second-order valence-electron chi connectivity index (χ2n) is 6.02. The third kappa shape index (κ3) is 3.83. The van der Waals surface area contributed by atoms with Gasteiger partial charge in [0.25, 0.3) is 0 Å². The van der Waals surface area contributed by atoms with Crippen LogP contribution >= 0.6 is 0 Å². The third-order valence-corrected chi connectivity index (χ3v) is 4.15. The number of carbonyl (C=O) groups excluding carboxylic acids is 2. The van der Waals surface area contributed by atoms with E-state index in [1.54, 1.807) is 0 Å². The number of cyclic esters (lactones) is 1. The summed E-state index contributed by atoms with van der Waals surface area (Å²) in [6.45, 7) is 1.51. The molecule has 2 atom stereocenters. The topological polar surface area (TPSA) is 90.4 Å². The molecule has 136 valence electrons. The number of nitrogens with one attached hydrogen (secondary N) is 1. The zero-order valence-electron chi connectivity index (χ0n) is 13.4. The van der Waals surface area contributed by atoms with Gasteiger partial charge in [0.05, 0.1) is 12.5 Å². The van der Waals surface area contributed by atoms with Crippen LogP contribution in [0.3, 0.4) is 0 Å². The molecular weight excluding hydrogens is 343 g/mol. The van der Waals surface area contributed by atoms with E-state index in [1.807, 2.05) is 0 Å². The SMILES string of the molecule is Cc1nc2c(c(C(F)(F)F)n1)CC(C(=O)OCC1CNC(=O)O1)CC2. The first-order chi connectivity index (χ1) is 11.7. The fraction of sp³-hybridized carbons (Fsp3) is 0.600. The van der Waals surface area contributed by atoms with Crippen molar-refractivity contribution >= 4 is 12.1 Å². The molecule has 0 aromatic carbocycles. The van der Waals surface area contributed by atoms with Gasteiger partial charge in [-0.15, -0.1) is 0 Å². The van der Waals surface area contributed by atoms with Crippen molar-refractivity contribution in [2.24, 2.45) is 5.92 Å². The summed E-state index contributed by atoms with van der Waals surface area (Å²) in [5.74, 6) is -1.25. The normalized spacial score (nSPS) is 22.8. The highest BCUT2D eigenvalue weighted by atomic mass is 19.4. The van der Waals surface area contributed by atoms with Gasteiger partial charge in [-0.1, -0.05) is 0 Å². The van der Waals surface area contributed by atoms with Crippen LogP contribution < -0.4 is 5.32 Å². The van der Waals surface area contributed by atoms with Gasteiger partial charge >= 0.3 is 18.2 Å². The lowest BCUT2D eigenvalue weighted by Gasteiger charge is -2.25. The van der Waals surface area contributed by atoms with Crippen molar-refractivity contribution in [3.8, 4) is 0 Å². The summed E-state index contributed by atoms with van der Waals surface area (Å²) in [5, 5.41) is 2.42. The summed E-state index contributed by atoms with van der Waals surface area (Å²) in [4.78, 5) is 30.7. The summed E-state index contributed by atoms with van der Waals surface area (Å²) < 4.78 is 49.6. The summed E-state index contributed by atoms with van der Waals surface area (Å²) >= 11 is 0. The lowest BCUT2D eigenvalue weighted by atomic mass is 9.85. The van der Waals surface area contributed by atoms with Crippen LogP contribution in [0.25, 0.3) is 0 Å². The molecule has 7 nitrogen and oxygen atoms in total. The number of aromatic nitrogens is 2. The molecule has 0 radical (unpaired) electrons. The Morgan fingerprint density at radius 3 is 2.80 bits per heavy atom. The van der Waals surface area contributed by atoms with Crippen molar-refractivity contribution in [1.82, 2.24) is 15.3 Å². The van der Waals surface area contributed by atoms with Crippen molar-refractivity contribution in [3.05, 3.63) is 22.8 Å². The minimum Gasteiger partial charge on any atom is -0.461 e. The molecule has 1 N–H and O–H groups in total. The predicted octanol–water partition coefficient (Wildman–Crippen LogP) is 1.56. The number of ether oxygens (including phenoxy) is 2. The Labute approximate surface area is 140 Å². The molecule has 2 heterocycles. The number of hydrogen-bond donors (Lipinski definition) is 1. The van der Waals surface area contributed by atoms with Gasteiger partial charge in [0.1, 0.15) is 12.4 Å². The molecule has 0 saturated carbocycles. The number of rotatable bonds is 3. The number of alkyl carbamates (subject to hydrolysis) is 1. The maximum atomic E-state index is 13.2. The minimum atomic E-state index is -4.60. The number of fused-ring (bicyclic) bond motifs is 1. The molecule has 1 aromatic heterocycles. The first-order valence-electron chi connectivity index (χ1n) is 7.78. The number of esters is 1. The molecule has 1 fully saturated rings. The van der Waals surface area contributed by atoms with E-state index < -0.39 is 36.0 Å². The van der Waals surface area contributed by atoms with Crippen molar-refractivity contribution in [2.75, 3.05) is 13.2 Å². The molecule has 1 amide bonds. The molecule has 10 heteroatoms. The van der Waals surface area contributed by atoms with Gasteiger partial charge in [-0.2, -0.15) is 13.2 Å². The molecule has 3 rings (SSSR count). The van der Waals surface area contributed by atoms with Gasteiger partial charge in [-0.3, -0.25) is 4.79 Å². The number of nitrogens with zero attached hydrogens (tertiary/aromatic N) is 2. The highest BCUT2D eigenvalue weighted by Crippen LogP contribution is 2.36. The summed E-state index contributed by atoms with van der Waals surface area (Å²) in [7, 11) is 0. The molecule has 1 aliphatic heterocycles. The van der Waals surface area contributed by atoms with Crippen LogP contribution in [0.1, 0.15) is 29.2 Å². The van der Waals surface area contributed by atoms with Crippen molar-refractivity contribution in [2.45, 2.75) is 38.5 Å². The zero-order chi connectivity index (χ0) is 18.2. The Kier molecular flexibility index (Phi) is 4.53. The summed E-state index contributed by atoms with van der Waals surface area (Å²) in [6.07, 6.45) is -5.29. The highest BCUT2D eigenvalue weighted by molar-refractivity contribution is 5.73. The lowest BCUT2D eigenvalue weighted by Crippen LogP contribution is -2.31. The quantitative estimate of drug-likeness (QED) is 0.824. The van der Waals surface area contributed by atoms with Crippen LogP contribution in [0, 0.1) is 12.8 Å². The average Bonchev–Trinajstić information content (AvgIpc) is 2.96. The van der Waals surface area contributed by atoms with Gasteiger partial charge in [0.15, 0.2) is 11.8 Å². The Hall–Kier alpha value is -2.39. The number of amides is 1. The maximum absolute atomic E-state index is 13.2. The molecule has 1 aliphatic carbocycles. The lowest BCUT2D eigenvalue weighted by molar-refractivity contribution is -0.152. The monoisotopic (exact) mass is 359 g/mol. The average molecular weight is 359 g/mol. The van der Waals surface area contributed by atoms with E-state index in [2.05, 4.69) is 15.3 Å². The van der Waals surface area contributed by atoms with Crippen LogP contribution in [0.15, 0.2) is 0 Å². The molecule has 1 saturated heterocycles. The molecule has 2 aliphatic rings. The van der Waals surface area contributed by atoms with Crippen LogP contribution in [0.2, 0.25) is 0 Å². The largest absolute Gasteiger partial charge is 0.461 e. The van der Waals surface area contributed by atoms with Gasteiger partial charge in [0.2, 0.25) is 0 Å². The molecule has 0 spiro atoms. The Morgan fingerprint density at radius 1 is 1.40 bits per heavy atom. The number of alkyl halides is 3. The summed E-state index contributed by atoms with van der Waals surface area (Å²) in [6, 6.07) is 0. The smallest absolute Gasteiger partial charge is 0.433 e. The molecule has 1 aromatic rings. The van der Waals surface area contributed by atoms with Gasteiger partial charge in [-0.25, -0.2) is 14.8 Å². The second-order valence-corrected chi connectivity index (χ2v) is 6.02. The van der Waals surface area contributed by atoms with E-state index in [1.165, 1.54) is 6.92 Å².